The second-order valence-corrected chi connectivity index (χ2v) is 4.61. The molecular formula is C16H12N2S. The summed E-state index contributed by atoms with van der Waals surface area (Å²) in [4.78, 5) is 9.17. The van der Waals surface area contributed by atoms with Gasteiger partial charge in [-0.2, -0.15) is 0 Å². The predicted molar refractivity (Wildman–Crippen MR) is 80.5 cm³/mol. The van der Waals surface area contributed by atoms with Crippen molar-refractivity contribution in [3.05, 3.63) is 72.3 Å². The minimum Gasteiger partial charge on any atom is -0.256 e. The quantitative estimate of drug-likeness (QED) is 0.650. The highest BCUT2D eigenvalue weighted by atomic mass is 32.1. The van der Waals surface area contributed by atoms with Gasteiger partial charge in [-0.3, -0.25) is 4.98 Å². The van der Waals surface area contributed by atoms with Crippen LogP contribution in [0.2, 0.25) is 0 Å². The van der Waals surface area contributed by atoms with Gasteiger partial charge in [-0.1, -0.05) is 36.4 Å². The van der Waals surface area contributed by atoms with Crippen LogP contribution in [-0.2, 0) is 0 Å². The lowest BCUT2D eigenvalue weighted by molar-refractivity contribution is 1.33. The molecule has 0 aromatic carbocycles. The molecule has 0 N–H and O–H groups in total. The van der Waals surface area contributed by atoms with E-state index in [1.54, 1.807) is 17.6 Å². The molecule has 92 valence electrons. The molecule has 2 nitrogen and oxygen atoms in total. The van der Waals surface area contributed by atoms with E-state index in [9.17, 15) is 0 Å². The Kier molecular flexibility index (Phi) is 2.36. The first-order chi connectivity index (χ1) is 11.1. The molecule has 0 saturated carbocycles. The first-order valence-electron chi connectivity index (χ1n) is 7.69. The summed E-state index contributed by atoms with van der Waals surface area (Å²) < 4.78 is 31.1. The van der Waals surface area contributed by atoms with Crippen molar-refractivity contribution in [2.75, 3.05) is 0 Å². The Labute approximate surface area is 121 Å². The molecule has 0 unspecified atom stereocenters. The minimum atomic E-state index is -0.328. The average Bonchev–Trinajstić information content (AvgIpc) is 2.66. The summed E-state index contributed by atoms with van der Waals surface area (Å²) in [6.45, 7) is 0. The van der Waals surface area contributed by atoms with Gasteiger partial charge >= 0.3 is 0 Å². The highest BCUT2D eigenvalue weighted by molar-refractivity contribution is 7.16. The minimum absolute atomic E-state index is 0.146. The fourth-order valence-electron chi connectivity index (χ4n) is 1.61. The van der Waals surface area contributed by atoms with Crippen LogP contribution in [0.15, 0.2) is 72.3 Å². The van der Waals surface area contributed by atoms with Crippen LogP contribution in [0.3, 0.4) is 0 Å². The molecule has 0 bridgehead atoms. The van der Waals surface area contributed by atoms with Gasteiger partial charge in [-0.05, 0) is 18.2 Å². The number of hydrogen-bond acceptors (Lipinski definition) is 3. The van der Waals surface area contributed by atoms with Gasteiger partial charge in [0.25, 0.3) is 0 Å². The molecule has 0 aliphatic rings. The van der Waals surface area contributed by atoms with Crippen LogP contribution >= 0.6 is 11.3 Å². The maximum atomic E-state index is 8.02. The van der Waals surface area contributed by atoms with Crippen molar-refractivity contribution >= 4 is 21.6 Å². The van der Waals surface area contributed by atoms with E-state index in [0.717, 1.165) is 10.2 Å². The highest BCUT2D eigenvalue weighted by Crippen LogP contribution is 2.19. The topological polar surface area (TPSA) is 25.8 Å². The normalized spacial score (nSPS) is 13.1. The first-order valence-corrected chi connectivity index (χ1v) is 6.57. The van der Waals surface area contributed by atoms with Gasteiger partial charge in [0.15, 0.2) is 0 Å². The number of rotatable bonds is 1. The van der Waals surface area contributed by atoms with Gasteiger partial charge < -0.3 is 0 Å². The third-order valence-electron chi connectivity index (χ3n) is 2.50. The van der Waals surface area contributed by atoms with Gasteiger partial charge in [0.1, 0.15) is 4.83 Å². The highest BCUT2D eigenvalue weighted by Gasteiger charge is 1.95. The summed E-state index contributed by atoms with van der Waals surface area (Å²) >= 11 is 1.40. The molecular weight excluding hydrogens is 252 g/mol. The Balaban J connectivity index is 2.29. The van der Waals surface area contributed by atoms with Crippen molar-refractivity contribution < 1.29 is 5.48 Å². The van der Waals surface area contributed by atoms with E-state index in [2.05, 4.69) is 9.97 Å². The molecule has 0 atom stereocenters. The number of hydrogen-bond donors (Lipinski definition) is 0. The molecule has 3 heteroatoms. The van der Waals surface area contributed by atoms with Gasteiger partial charge in [0.05, 0.1) is 11.2 Å². The molecule has 0 saturated heterocycles. The fourth-order valence-corrected chi connectivity index (χ4v) is 2.43. The molecule has 3 rings (SSSR count). The Hall–Kier alpha value is -2.26. The molecule has 0 amide bonds. The zero-order valence-corrected chi connectivity index (χ0v) is 10.7. The second kappa shape index (κ2) is 5.59. The Morgan fingerprint density at radius 3 is 2.89 bits per heavy atom. The predicted octanol–water partition coefficient (Wildman–Crippen LogP) is 4.48. The van der Waals surface area contributed by atoms with Crippen LogP contribution in [0.1, 0.15) is 5.48 Å². The lowest BCUT2D eigenvalue weighted by Gasteiger charge is -1.95. The van der Waals surface area contributed by atoms with E-state index >= 15 is 0 Å². The van der Waals surface area contributed by atoms with Crippen molar-refractivity contribution in [2.45, 2.75) is 0 Å². The molecule has 0 fully saturated rings. The summed E-state index contributed by atoms with van der Waals surface area (Å²) in [6, 6.07) is 10.5. The number of pyridine rings is 2. The Morgan fingerprint density at radius 1 is 1.00 bits per heavy atom. The van der Waals surface area contributed by atoms with E-state index in [1.165, 1.54) is 11.3 Å². The third kappa shape index (κ3) is 2.77. The fraction of sp³-hybridized carbons (Fsp3) is 0. The maximum Gasteiger partial charge on any atom is 0.123 e. The van der Waals surface area contributed by atoms with Gasteiger partial charge in [0.2, 0.25) is 0 Å². The van der Waals surface area contributed by atoms with Crippen LogP contribution in [0.5, 0.6) is 0 Å². The molecule has 0 spiro atoms. The third-order valence-corrected chi connectivity index (χ3v) is 3.44. The van der Waals surface area contributed by atoms with Crippen LogP contribution < -0.4 is 0 Å². The zero-order valence-electron chi connectivity index (χ0n) is 13.9. The second-order valence-electron chi connectivity index (χ2n) is 3.75. The Morgan fingerprint density at radius 2 is 1.89 bits per heavy atom. The lowest BCUT2D eigenvalue weighted by atomic mass is 10.2. The molecule has 3 heterocycles. The van der Waals surface area contributed by atoms with E-state index < -0.39 is 0 Å². The van der Waals surface area contributed by atoms with E-state index in [0.29, 0.717) is 5.56 Å². The summed E-state index contributed by atoms with van der Waals surface area (Å²) in [5.41, 5.74) is 0.845. The van der Waals surface area contributed by atoms with Gasteiger partial charge in [-0.25, -0.2) is 4.98 Å². The summed E-state index contributed by atoms with van der Waals surface area (Å²) in [5.74, 6) is 0. The van der Waals surface area contributed by atoms with Crippen LogP contribution in [0.4, 0.5) is 0 Å². The van der Waals surface area contributed by atoms with Crippen molar-refractivity contribution in [2.24, 2.45) is 0 Å². The van der Waals surface area contributed by atoms with Crippen LogP contribution in [0.25, 0.3) is 21.5 Å². The smallest absolute Gasteiger partial charge is 0.123 e. The summed E-state index contributed by atoms with van der Waals surface area (Å²) in [6.07, 6.45) is 1.42. The van der Waals surface area contributed by atoms with Crippen LogP contribution in [0, 0.1) is 0 Å². The largest absolute Gasteiger partial charge is 0.256 e. The lowest BCUT2D eigenvalue weighted by Crippen LogP contribution is -1.78. The van der Waals surface area contributed by atoms with Gasteiger partial charge in [-0.15, -0.1) is 11.3 Å². The number of aromatic nitrogens is 2. The summed E-state index contributed by atoms with van der Waals surface area (Å²) in [7, 11) is 0. The summed E-state index contributed by atoms with van der Waals surface area (Å²) in [5, 5.41) is 2.79. The van der Waals surface area contributed by atoms with Crippen LogP contribution in [-0.4, -0.2) is 9.97 Å². The van der Waals surface area contributed by atoms with Crippen molar-refractivity contribution in [1.82, 2.24) is 9.97 Å². The van der Waals surface area contributed by atoms with Gasteiger partial charge in [0, 0.05) is 28.7 Å². The average molecular weight is 268 g/mol. The van der Waals surface area contributed by atoms with Crippen molar-refractivity contribution in [3.8, 4) is 11.3 Å². The van der Waals surface area contributed by atoms with E-state index in [-0.39, 0.29) is 30.0 Å². The SMILES string of the molecule is [2H]c1nc(-c2ccccc3cccnc3sc2)c([2H])c([2H])c1[2H]. The van der Waals surface area contributed by atoms with Crippen molar-refractivity contribution in [1.29, 1.82) is 0 Å². The molecule has 19 heavy (non-hydrogen) atoms. The number of fused-ring (bicyclic) bond motifs is 1. The molecule has 3 aromatic heterocycles. The van der Waals surface area contributed by atoms with Crippen molar-refractivity contribution in [3.63, 3.8) is 0 Å². The molecule has 0 radical (unpaired) electrons. The maximum absolute atomic E-state index is 8.02. The standard InChI is InChI=1S/C16H12N2S/c1-2-7-14(15-9-3-4-10-17-15)12-19-16-13(6-1)8-5-11-18-16/h1-12H/i3D,4D,9D,10D. The van der Waals surface area contributed by atoms with E-state index in [4.69, 9.17) is 5.48 Å². The monoisotopic (exact) mass is 268 g/mol. The zero-order chi connectivity index (χ0) is 16.4. The Bertz CT molecular complexity index is 939. The molecule has 3 aromatic rings. The molecule has 0 aliphatic carbocycles. The number of nitrogens with zero attached hydrogens (tertiary/aromatic N) is 2. The van der Waals surface area contributed by atoms with E-state index in [1.807, 2.05) is 30.3 Å². The molecule has 0 aliphatic heterocycles. The first kappa shape index (κ1) is 8.02.